The Morgan fingerprint density at radius 3 is 1.29 bits per heavy atom. The third kappa shape index (κ3) is 0.0837. The SMILES string of the molecule is [CH]12[CH]3[CH]4[CH]5[CH]1[Co]23451678[CH]2[CH]1[CH]6[CH]7[CH]28.[Ti][C]1=CC=CC1. The van der Waals surface area contributed by atoms with Gasteiger partial charge in [0.1, 0.15) is 0 Å². The van der Waals surface area contributed by atoms with Crippen LogP contribution >= 0.6 is 0 Å². The van der Waals surface area contributed by atoms with Crippen molar-refractivity contribution in [2.24, 2.45) is 0 Å². The van der Waals surface area contributed by atoms with Gasteiger partial charge in [0.05, 0.1) is 0 Å². The van der Waals surface area contributed by atoms with Gasteiger partial charge in [-0.25, -0.2) is 0 Å². The molecule has 2 heteroatoms. The Balaban J connectivity index is 0.0000000917. The van der Waals surface area contributed by atoms with Crippen LogP contribution in [0.3, 0.4) is 0 Å². The molecule has 88 valence electrons. The van der Waals surface area contributed by atoms with Crippen molar-refractivity contribution in [1.82, 2.24) is 0 Å². The van der Waals surface area contributed by atoms with Crippen LogP contribution in [0.2, 0.25) is 48.5 Å². The maximum atomic E-state index is 2.16. The first kappa shape index (κ1) is 6.92. The molecule has 11 aliphatic rings. The fourth-order valence-corrected chi connectivity index (χ4v) is 82.0. The Hall–Kier alpha value is 0.701. The van der Waals surface area contributed by atoms with Crippen molar-refractivity contribution >= 4 is 0 Å². The van der Waals surface area contributed by atoms with Crippen molar-refractivity contribution in [2.75, 3.05) is 0 Å². The van der Waals surface area contributed by atoms with Crippen molar-refractivity contribution in [3.8, 4) is 0 Å². The number of hydrogen-bond donors (Lipinski definition) is 0. The van der Waals surface area contributed by atoms with Crippen LogP contribution in [0.25, 0.3) is 0 Å². The van der Waals surface area contributed by atoms with E-state index < -0.39 is 6.37 Å². The summed E-state index contributed by atoms with van der Waals surface area (Å²) in [6.45, 7) is 0. The topological polar surface area (TPSA) is 0 Å². The standard InChI is InChI=1S/3C5H5.Co.Ti/c3*1-2-4-5-3-1;;/h1-3H,4H2;2*1-5H;;. The van der Waals surface area contributed by atoms with Crippen molar-refractivity contribution in [3.05, 3.63) is 22.1 Å². The second-order valence-corrected chi connectivity index (χ2v) is 34.0. The fraction of sp³-hybridized carbons (Fsp3) is 0.733. The molecule has 17 heavy (non-hydrogen) atoms. The molecule has 0 bridgehead atoms. The number of hydrogen-bond acceptors (Lipinski definition) is 0. The predicted molar refractivity (Wildman–Crippen MR) is 59.3 cm³/mol. The molecule has 0 radical (unpaired) electrons. The molecule has 1 aliphatic carbocycles. The average Bonchev–Trinajstić information content (AvgIpc) is 3.24. The molecule has 0 nitrogen and oxygen atoms in total. The predicted octanol–water partition coefficient (Wildman–Crippen LogP) is 4.75. The molecular weight excluding hydrogens is 287 g/mol. The molecule has 0 atom stereocenters. The molecule has 10 fully saturated rings. The van der Waals surface area contributed by atoms with Gasteiger partial charge in [-0.1, -0.05) is 0 Å². The van der Waals surface area contributed by atoms with Crippen molar-refractivity contribution in [1.29, 1.82) is 0 Å². The van der Waals surface area contributed by atoms with Gasteiger partial charge in [0.25, 0.3) is 0 Å². The molecule has 0 aromatic rings. The Kier molecular flexibility index (Phi) is 0.245. The van der Waals surface area contributed by atoms with Crippen LogP contribution in [0.1, 0.15) is 6.42 Å². The molecular formula is C15H15CoTi. The van der Waals surface area contributed by atoms with E-state index >= 15 is 0 Å². The second-order valence-electron chi connectivity index (χ2n) is 10.5. The van der Waals surface area contributed by atoms with E-state index in [1.165, 1.54) is 10.3 Å². The van der Waals surface area contributed by atoms with Crippen LogP contribution in [-0.4, -0.2) is 0 Å². The third-order valence-corrected chi connectivity index (χ3v) is 54.7. The summed E-state index contributed by atoms with van der Waals surface area (Å²) in [6.07, 6.45) is 5.36. The van der Waals surface area contributed by atoms with E-state index in [2.05, 4.69) is 38.7 Å². The molecule has 1 spiro atoms. The molecule has 0 unspecified atom stereocenters. The van der Waals surface area contributed by atoms with Gasteiger partial charge >= 0.3 is 104 Å². The Labute approximate surface area is 103 Å². The van der Waals surface area contributed by atoms with Crippen LogP contribution in [0.4, 0.5) is 0 Å². The monoisotopic (exact) mass is 302 g/mol. The number of fused-ring (bicyclic) bond motifs is 10. The fourth-order valence-electron chi connectivity index (χ4n) is 15.3. The quantitative estimate of drug-likeness (QED) is 0.566. The summed E-state index contributed by atoms with van der Waals surface area (Å²) in [5.41, 5.74) is 0. The molecule has 0 aromatic heterocycles. The summed E-state index contributed by atoms with van der Waals surface area (Å²) >= 11 is 2.14. The first-order valence-corrected chi connectivity index (χ1v) is 14.0. The normalized spacial score (nSPS) is 117. The van der Waals surface area contributed by atoms with E-state index in [1.807, 2.05) is 0 Å². The number of allylic oxidation sites excluding steroid dienone is 4. The summed E-state index contributed by atoms with van der Waals surface area (Å²) in [6, 6.07) is 0. The molecule has 10 heterocycles. The third-order valence-electron chi connectivity index (χ3n) is 14.5. The van der Waals surface area contributed by atoms with Crippen LogP contribution in [0.15, 0.2) is 22.1 Å². The summed E-state index contributed by atoms with van der Waals surface area (Å²) < 4.78 is 1.47. The molecule has 0 saturated carbocycles. The zero-order chi connectivity index (χ0) is 10.5. The Morgan fingerprint density at radius 2 is 1.24 bits per heavy atom. The second kappa shape index (κ2) is 0.602. The van der Waals surface area contributed by atoms with E-state index in [4.69, 9.17) is 0 Å². The van der Waals surface area contributed by atoms with Gasteiger partial charge in [-0.15, -0.1) is 0 Å². The van der Waals surface area contributed by atoms with Gasteiger partial charge < -0.3 is 0 Å². The first-order chi connectivity index (χ1) is 8.05. The molecule has 11 rings (SSSR count). The maximum absolute atomic E-state index is 2.20. The first-order valence-electron chi connectivity index (χ1n) is 7.22. The average molecular weight is 302 g/mol. The van der Waals surface area contributed by atoms with E-state index in [1.54, 1.807) is 48.5 Å². The molecule has 0 N–H and O–H groups in total. The molecule has 10 aliphatic heterocycles. The van der Waals surface area contributed by atoms with Crippen LogP contribution in [0, 0.1) is 0 Å². The van der Waals surface area contributed by atoms with Gasteiger partial charge in [-0.3, -0.25) is 0 Å². The van der Waals surface area contributed by atoms with Crippen molar-refractivity contribution in [3.63, 3.8) is 0 Å². The van der Waals surface area contributed by atoms with E-state index in [9.17, 15) is 0 Å². The van der Waals surface area contributed by atoms with Crippen LogP contribution in [-0.2, 0) is 26.8 Å². The minimum absolute atomic E-state index is 1.17. The molecule has 10 saturated heterocycles. The van der Waals surface area contributed by atoms with E-state index in [-0.39, 0.29) is 0 Å². The molecule has 0 amide bonds. The van der Waals surface area contributed by atoms with E-state index in [0.29, 0.717) is 0 Å². The van der Waals surface area contributed by atoms with E-state index in [0.717, 1.165) is 0 Å². The summed E-state index contributed by atoms with van der Waals surface area (Å²) in [5, 5.41) is 0. The number of rotatable bonds is 0. The van der Waals surface area contributed by atoms with Gasteiger partial charge in [0.15, 0.2) is 0 Å². The zero-order valence-corrected chi connectivity index (χ0v) is 12.1. The van der Waals surface area contributed by atoms with Crippen LogP contribution in [0.5, 0.6) is 0 Å². The Bertz CT molecular complexity index is 787. The van der Waals surface area contributed by atoms with Crippen molar-refractivity contribution < 1.29 is 26.8 Å². The summed E-state index contributed by atoms with van der Waals surface area (Å²) in [4.78, 5) is 15.9. The summed E-state index contributed by atoms with van der Waals surface area (Å²) in [7, 11) is 0. The molecule has 0 aromatic carbocycles. The van der Waals surface area contributed by atoms with Gasteiger partial charge in [0.2, 0.25) is 0 Å². The Morgan fingerprint density at radius 1 is 0.824 bits per heavy atom. The van der Waals surface area contributed by atoms with Gasteiger partial charge in [-0.05, 0) is 0 Å². The minimum atomic E-state index is -2.20. The van der Waals surface area contributed by atoms with Crippen molar-refractivity contribution in [2.45, 2.75) is 54.9 Å². The summed E-state index contributed by atoms with van der Waals surface area (Å²) in [5.74, 6) is 0. The van der Waals surface area contributed by atoms with Gasteiger partial charge in [0, 0.05) is 0 Å². The van der Waals surface area contributed by atoms with Gasteiger partial charge in [-0.2, -0.15) is 0 Å². The van der Waals surface area contributed by atoms with Crippen LogP contribution < -0.4 is 0 Å². The zero-order valence-electron chi connectivity index (χ0n) is 9.55.